The lowest BCUT2D eigenvalue weighted by molar-refractivity contribution is 0.0790. The molecule has 1 aromatic heterocycles. The Labute approximate surface area is 125 Å². The lowest BCUT2D eigenvalue weighted by Crippen LogP contribution is -2.39. The minimum absolute atomic E-state index is 0.191. The van der Waals surface area contributed by atoms with Gasteiger partial charge in [-0.15, -0.1) is 0 Å². The Morgan fingerprint density at radius 2 is 2.19 bits per heavy atom. The highest BCUT2D eigenvalue weighted by Gasteiger charge is 2.24. The zero-order valence-electron chi connectivity index (χ0n) is 12.8. The number of nitrogens with two attached hydrogens (primary N) is 1. The third kappa shape index (κ3) is 4.58. The van der Waals surface area contributed by atoms with Crippen LogP contribution in [0.25, 0.3) is 0 Å². The number of ether oxygens (including phenoxy) is 1. The summed E-state index contributed by atoms with van der Waals surface area (Å²) in [5.74, 6) is 0.878. The number of hydrogen-bond donors (Lipinski definition) is 1. The molecule has 0 spiro atoms. The third-order valence-corrected chi connectivity index (χ3v) is 3.72. The van der Waals surface area contributed by atoms with E-state index in [0.29, 0.717) is 24.1 Å². The molecule has 21 heavy (non-hydrogen) atoms. The van der Waals surface area contributed by atoms with Crippen molar-refractivity contribution in [1.82, 2.24) is 14.9 Å². The van der Waals surface area contributed by atoms with Crippen molar-refractivity contribution < 1.29 is 9.53 Å². The van der Waals surface area contributed by atoms with E-state index in [4.69, 9.17) is 10.5 Å². The minimum Gasteiger partial charge on any atom is -0.449 e. The minimum atomic E-state index is -0.191. The summed E-state index contributed by atoms with van der Waals surface area (Å²) in [4.78, 5) is 21.8. The van der Waals surface area contributed by atoms with E-state index in [1.54, 1.807) is 11.1 Å². The Morgan fingerprint density at radius 3 is 2.81 bits per heavy atom. The van der Waals surface area contributed by atoms with Crippen LogP contribution >= 0.6 is 0 Å². The van der Waals surface area contributed by atoms with E-state index >= 15 is 0 Å². The molecule has 1 amide bonds. The molecule has 0 aliphatic carbocycles. The summed E-state index contributed by atoms with van der Waals surface area (Å²) in [6, 6.07) is 0. The molecule has 0 aromatic carbocycles. The third-order valence-electron chi connectivity index (χ3n) is 3.72. The fourth-order valence-corrected chi connectivity index (χ4v) is 2.46. The second-order valence-corrected chi connectivity index (χ2v) is 6.03. The van der Waals surface area contributed by atoms with E-state index in [1.165, 1.54) is 6.33 Å². The molecule has 2 heterocycles. The highest BCUT2D eigenvalue weighted by molar-refractivity contribution is 5.67. The molecule has 6 heteroatoms. The van der Waals surface area contributed by atoms with E-state index in [9.17, 15) is 4.79 Å². The fraction of sp³-hybridized carbons (Fsp3) is 0.667. The Balaban J connectivity index is 1.78. The van der Waals surface area contributed by atoms with Gasteiger partial charge in [0.15, 0.2) is 0 Å². The van der Waals surface area contributed by atoms with Crippen LogP contribution in [-0.2, 0) is 11.2 Å². The van der Waals surface area contributed by atoms with Crippen molar-refractivity contribution in [2.75, 3.05) is 25.4 Å². The summed E-state index contributed by atoms with van der Waals surface area (Å²) >= 11 is 0. The number of nitrogens with zero attached hydrogens (tertiary/aromatic N) is 3. The van der Waals surface area contributed by atoms with E-state index < -0.39 is 0 Å². The van der Waals surface area contributed by atoms with Gasteiger partial charge in [0.1, 0.15) is 6.33 Å². The molecule has 0 bridgehead atoms. The maximum absolute atomic E-state index is 11.9. The normalized spacial score (nSPS) is 16.2. The van der Waals surface area contributed by atoms with Crippen molar-refractivity contribution in [3.8, 4) is 0 Å². The Bertz CT molecular complexity index is 470. The molecule has 0 atom stereocenters. The second kappa shape index (κ2) is 7.24. The molecule has 0 saturated carbocycles. The summed E-state index contributed by atoms with van der Waals surface area (Å²) < 4.78 is 5.26. The number of carbonyl (C=O) groups excluding carboxylic acids is 1. The number of nitrogen functional groups attached to an aromatic ring is 1. The lowest BCUT2D eigenvalue weighted by atomic mass is 9.92. The SMILES string of the molecule is CC(C)COC(=O)N1CCC(Cc2ncncc2N)CC1. The topological polar surface area (TPSA) is 81.3 Å². The van der Waals surface area contributed by atoms with Gasteiger partial charge < -0.3 is 15.4 Å². The standard InChI is InChI=1S/C15H24N4O2/c1-11(2)9-21-15(20)19-5-3-12(4-6-19)7-14-13(16)8-17-10-18-14/h8,10-12H,3-7,9,16H2,1-2H3. The van der Waals surface area contributed by atoms with Gasteiger partial charge in [-0.25, -0.2) is 14.8 Å². The number of carbonyl (C=O) groups is 1. The van der Waals surface area contributed by atoms with Crippen LogP contribution in [0.4, 0.5) is 10.5 Å². The number of aromatic nitrogens is 2. The van der Waals surface area contributed by atoms with Gasteiger partial charge in [0.05, 0.1) is 24.2 Å². The van der Waals surface area contributed by atoms with Crippen LogP contribution in [0.5, 0.6) is 0 Å². The molecule has 2 rings (SSSR count). The van der Waals surface area contributed by atoms with Gasteiger partial charge in [0.2, 0.25) is 0 Å². The highest BCUT2D eigenvalue weighted by atomic mass is 16.6. The molecule has 1 fully saturated rings. The first-order valence-electron chi connectivity index (χ1n) is 7.52. The zero-order valence-corrected chi connectivity index (χ0v) is 12.8. The van der Waals surface area contributed by atoms with E-state index in [0.717, 1.165) is 38.0 Å². The molecule has 0 unspecified atom stereocenters. The first-order chi connectivity index (χ1) is 10.1. The monoisotopic (exact) mass is 292 g/mol. The van der Waals surface area contributed by atoms with Crippen LogP contribution in [0.1, 0.15) is 32.4 Å². The van der Waals surface area contributed by atoms with Crippen molar-refractivity contribution in [3.05, 3.63) is 18.2 Å². The van der Waals surface area contributed by atoms with Crippen molar-refractivity contribution in [2.45, 2.75) is 33.1 Å². The molecular weight excluding hydrogens is 268 g/mol. The summed E-state index contributed by atoms with van der Waals surface area (Å²) in [7, 11) is 0. The number of rotatable bonds is 4. The number of anilines is 1. The molecule has 1 aromatic rings. The van der Waals surface area contributed by atoms with Crippen molar-refractivity contribution in [3.63, 3.8) is 0 Å². The van der Waals surface area contributed by atoms with Crippen LogP contribution < -0.4 is 5.73 Å². The van der Waals surface area contributed by atoms with Crippen LogP contribution in [0.3, 0.4) is 0 Å². The Hall–Kier alpha value is -1.85. The van der Waals surface area contributed by atoms with Gasteiger partial charge in [0, 0.05) is 13.1 Å². The number of piperidine rings is 1. The summed E-state index contributed by atoms with van der Waals surface area (Å²) in [6.45, 7) is 6.03. The van der Waals surface area contributed by atoms with Gasteiger partial charge in [-0.2, -0.15) is 0 Å². The van der Waals surface area contributed by atoms with Crippen LogP contribution in [0.2, 0.25) is 0 Å². The molecule has 116 valence electrons. The smallest absolute Gasteiger partial charge is 0.409 e. The van der Waals surface area contributed by atoms with Crippen LogP contribution in [0.15, 0.2) is 12.5 Å². The Morgan fingerprint density at radius 1 is 1.48 bits per heavy atom. The molecule has 1 aliphatic heterocycles. The second-order valence-electron chi connectivity index (χ2n) is 6.03. The largest absolute Gasteiger partial charge is 0.449 e. The number of amides is 1. The van der Waals surface area contributed by atoms with Crippen molar-refractivity contribution in [1.29, 1.82) is 0 Å². The summed E-state index contributed by atoms with van der Waals surface area (Å²) in [5.41, 5.74) is 7.43. The van der Waals surface area contributed by atoms with Crippen molar-refractivity contribution in [2.24, 2.45) is 11.8 Å². The van der Waals surface area contributed by atoms with Crippen molar-refractivity contribution >= 4 is 11.8 Å². The van der Waals surface area contributed by atoms with Crippen LogP contribution in [-0.4, -0.2) is 40.7 Å². The molecule has 2 N–H and O–H groups in total. The van der Waals surface area contributed by atoms with E-state index in [-0.39, 0.29) is 6.09 Å². The van der Waals surface area contributed by atoms with Crippen LogP contribution in [0, 0.1) is 11.8 Å². The molecule has 1 aliphatic rings. The Kier molecular flexibility index (Phi) is 5.36. The van der Waals surface area contributed by atoms with Gasteiger partial charge in [-0.3, -0.25) is 0 Å². The molecular formula is C15H24N4O2. The quantitative estimate of drug-likeness (QED) is 0.919. The molecule has 0 radical (unpaired) electrons. The average molecular weight is 292 g/mol. The molecule has 1 saturated heterocycles. The van der Waals surface area contributed by atoms with Gasteiger partial charge in [-0.05, 0) is 31.1 Å². The van der Waals surface area contributed by atoms with Gasteiger partial charge in [-0.1, -0.05) is 13.8 Å². The molecule has 6 nitrogen and oxygen atoms in total. The van der Waals surface area contributed by atoms with Gasteiger partial charge >= 0.3 is 6.09 Å². The number of hydrogen-bond acceptors (Lipinski definition) is 5. The highest BCUT2D eigenvalue weighted by Crippen LogP contribution is 2.23. The summed E-state index contributed by atoms with van der Waals surface area (Å²) in [6.07, 6.45) is 5.75. The zero-order chi connectivity index (χ0) is 15.2. The van der Waals surface area contributed by atoms with Gasteiger partial charge in [0.25, 0.3) is 0 Å². The predicted molar refractivity (Wildman–Crippen MR) is 80.6 cm³/mol. The fourth-order valence-electron chi connectivity index (χ4n) is 2.46. The first kappa shape index (κ1) is 15.5. The maximum Gasteiger partial charge on any atom is 0.409 e. The first-order valence-corrected chi connectivity index (χ1v) is 7.52. The average Bonchev–Trinajstić information content (AvgIpc) is 2.48. The predicted octanol–water partition coefficient (Wildman–Crippen LogP) is 2.11. The summed E-state index contributed by atoms with van der Waals surface area (Å²) in [5, 5.41) is 0. The number of likely N-dealkylation sites (tertiary alicyclic amines) is 1. The lowest BCUT2D eigenvalue weighted by Gasteiger charge is -2.31. The van der Waals surface area contributed by atoms with E-state index in [2.05, 4.69) is 9.97 Å². The van der Waals surface area contributed by atoms with E-state index in [1.807, 2.05) is 13.8 Å². The maximum atomic E-state index is 11.9.